The van der Waals surface area contributed by atoms with Crippen molar-refractivity contribution >= 4 is 27.8 Å². The van der Waals surface area contributed by atoms with Crippen LogP contribution in [0.15, 0.2) is 84.2 Å². The molecule has 6 aromatic rings. The second kappa shape index (κ2) is 10.9. The van der Waals surface area contributed by atoms with Crippen LogP contribution in [0.4, 0.5) is 0 Å². The molecule has 0 saturated carbocycles. The standard InChI is InChI=1S/C34H33N7O3/c1-21(42)33(43)40-14-4-5-25(20-40)22-6-10-27(11-7-22)41-32-28-15-23(8-13-30(28)36-18-31(32)39(3)34(41)44)24-9-12-29(35-16-24)26-17-37-38(2)19-26/h6-13,15-19,21,25,42H,4-5,14,20H2,1-3H3. The molecule has 10 nitrogen and oxygen atoms in total. The van der Waals surface area contributed by atoms with Gasteiger partial charge in [-0.2, -0.15) is 5.10 Å². The van der Waals surface area contributed by atoms with E-state index in [-0.39, 0.29) is 17.5 Å². The van der Waals surface area contributed by atoms with Gasteiger partial charge >= 0.3 is 5.69 Å². The first-order valence-corrected chi connectivity index (χ1v) is 14.8. The monoisotopic (exact) mass is 587 g/mol. The summed E-state index contributed by atoms with van der Waals surface area (Å²) in [4.78, 5) is 37.1. The van der Waals surface area contributed by atoms with E-state index in [1.807, 2.05) is 68.0 Å². The predicted octanol–water partition coefficient (Wildman–Crippen LogP) is 4.43. The number of rotatable bonds is 5. The van der Waals surface area contributed by atoms with Crippen molar-refractivity contribution in [3.63, 3.8) is 0 Å². The molecule has 1 aliphatic heterocycles. The zero-order chi connectivity index (χ0) is 30.5. The van der Waals surface area contributed by atoms with Gasteiger partial charge in [0.2, 0.25) is 0 Å². The highest BCUT2D eigenvalue weighted by molar-refractivity contribution is 6.04. The molecule has 1 aliphatic rings. The van der Waals surface area contributed by atoms with Crippen LogP contribution >= 0.6 is 0 Å². The largest absolute Gasteiger partial charge is 0.384 e. The lowest BCUT2D eigenvalue weighted by Gasteiger charge is -2.33. The topological polar surface area (TPSA) is 111 Å². The summed E-state index contributed by atoms with van der Waals surface area (Å²) in [6, 6.07) is 18.2. The number of piperidine rings is 1. The fourth-order valence-corrected chi connectivity index (χ4v) is 6.31. The molecule has 2 atom stereocenters. The highest BCUT2D eigenvalue weighted by Gasteiger charge is 2.27. The van der Waals surface area contributed by atoms with E-state index in [1.54, 1.807) is 38.2 Å². The quantitative estimate of drug-likeness (QED) is 0.320. The Morgan fingerprint density at radius 3 is 2.45 bits per heavy atom. The zero-order valence-electron chi connectivity index (χ0n) is 24.9. The Morgan fingerprint density at radius 2 is 1.75 bits per heavy atom. The molecule has 1 amide bonds. The van der Waals surface area contributed by atoms with Crippen LogP contribution < -0.4 is 5.69 Å². The van der Waals surface area contributed by atoms with Crippen molar-refractivity contribution in [2.24, 2.45) is 14.1 Å². The van der Waals surface area contributed by atoms with Gasteiger partial charge < -0.3 is 10.0 Å². The van der Waals surface area contributed by atoms with Gasteiger partial charge in [-0.15, -0.1) is 0 Å². The molecule has 4 aromatic heterocycles. The summed E-state index contributed by atoms with van der Waals surface area (Å²) in [6.07, 6.45) is 8.19. The van der Waals surface area contributed by atoms with Crippen LogP contribution in [0.5, 0.6) is 0 Å². The van der Waals surface area contributed by atoms with Gasteiger partial charge in [0.05, 0.1) is 40.3 Å². The fourth-order valence-electron chi connectivity index (χ4n) is 6.31. The Labute approximate surface area is 253 Å². The van der Waals surface area contributed by atoms with Crippen LogP contribution in [-0.2, 0) is 18.9 Å². The number of fused-ring (bicyclic) bond motifs is 3. The van der Waals surface area contributed by atoms with E-state index >= 15 is 0 Å². The zero-order valence-corrected chi connectivity index (χ0v) is 24.9. The number of hydrogen-bond acceptors (Lipinski definition) is 6. The summed E-state index contributed by atoms with van der Waals surface area (Å²) in [7, 11) is 3.65. The number of carbonyl (C=O) groups excluding carboxylic acids is 1. The van der Waals surface area contributed by atoms with Crippen LogP contribution in [0, 0.1) is 0 Å². The number of likely N-dealkylation sites (tertiary alicyclic amines) is 1. The van der Waals surface area contributed by atoms with Crippen LogP contribution in [0.25, 0.3) is 50.0 Å². The maximum Gasteiger partial charge on any atom is 0.333 e. The van der Waals surface area contributed by atoms with Crippen molar-refractivity contribution in [2.75, 3.05) is 13.1 Å². The van der Waals surface area contributed by atoms with Gasteiger partial charge in [0, 0.05) is 62.0 Å². The summed E-state index contributed by atoms with van der Waals surface area (Å²) >= 11 is 0. The normalized spacial score (nSPS) is 16.1. The van der Waals surface area contributed by atoms with Gasteiger partial charge in [-0.3, -0.25) is 28.6 Å². The number of aromatic nitrogens is 6. The Balaban J connectivity index is 1.26. The number of hydrogen-bond donors (Lipinski definition) is 1. The van der Waals surface area contributed by atoms with E-state index in [9.17, 15) is 14.7 Å². The molecule has 0 spiro atoms. The summed E-state index contributed by atoms with van der Waals surface area (Å²) in [5.74, 6) is -0.0517. The Hall–Kier alpha value is -5.09. The molecule has 44 heavy (non-hydrogen) atoms. The average Bonchev–Trinajstić information content (AvgIpc) is 3.60. The van der Waals surface area contributed by atoms with E-state index in [4.69, 9.17) is 0 Å². The Bertz CT molecular complexity index is 2070. The Kier molecular flexibility index (Phi) is 6.85. The molecule has 1 N–H and O–H groups in total. The predicted molar refractivity (Wildman–Crippen MR) is 169 cm³/mol. The number of aliphatic hydroxyl groups is 1. The third-order valence-electron chi connectivity index (χ3n) is 8.69. The molecule has 5 heterocycles. The van der Waals surface area contributed by atoms with E-state index in [2.05, 4.69) is 21.1 Å². The first-order chi connectivity index (χ1) is 21.3. The minimum atomic E-state index is -0.998. The second-order valence-corrected chi connectivity index (χ2v) is 11.6. The molecule has 0 aliphatic carbocycles. The van der Waals surface area contributed by atoms with Crippen LogP contribution in [0.3, 0.4) is 0 Å². The van der Waals surface area contributed by atoms with Crippen molar-refractivity contribution in [1.82, 2.24) is 33.8 Å². The molecule has 1 fully saturated rings. The number of aryl methyl sites for hydroxylation is 2. The number of carbonyl (C=O) groups is 1. The van der Waals surface area contributed by atoms with Crippen LogP contribution in [0.2, 0.25) is 0 Å². The average molecular weight is 588 g/mol. The highest BCUT2D eigenvalue weighted by atomic mass is 16.3. The summed E-state index contributed by atoms with van der Waals surface area (Å²) in [5.41, 5.74) is 7.79. The molecule has 0 radical (unpaired) electrons. The number of pyridine rings is 2. The van der Waals surface area contributed by atoms with Gasteiger partial charge in [0.25, 0.3) is 5.91 Å². The van der Waals surface area contributed by atoms with Crippen LogP contribution in [-0.4, -0.2) is 64.0 Å². The first-order valence-electron chi connectivity index (χ1n) is 14.8. The molecule has 2 aromatic carbocycles. The number of benzene rings is 2. The first kappa shape index (κ1) is 27.7. The van der Waals surface area contributed by atoms with Gasteiger partial charge in [0.15, 0.2) is 0 Å². The third kappa shape index (κ3) is 4.77. The van der Waals surface area contributed by atoms with Gasteiger partial charge in [-0.25, -0.2) is 4.79 Å². The second-order valence-electron chi connectivity index (χ2n) is 11.6. The number of nitrogens with zero attached hydrogens (tertiary/aromatic N) is 7. The van der Waals surface area contributed by atoms with Crippen molar-refractivity contribution in [3.8, 4) is 28.1 Å². The van der Waals surface area contributed by atoms with Crippen molar-refractivity contribution < 1.29 is 9.90 Å². The van der Waals surface area contributed by atoms with Gasteiger partial charge in [-0.05, 0) is 61.2 Å². The summed E-state index contributed by atoms with van der Waals surface area (Å²) in [5, 5.41) is 14.9. The van der Waals surface area contributed by atoms with Crippen LogP contribution in [0.1, 0.15) is 31.2 Å². The maximum atomic E-state index is 13.6. The van der Waals surface area contributed by atoms with E-state index in [1.165, 1.54) is 6.92 Å². The molecule has 1 saturated heterocycles. The lowest BCUT2D eigenvalue weighted by atomic mass is 9.90. The molecule has 2 unspecified atom stereocenters. The van der Waals surface area contributed by atoms with Gasteiger partial charge in [0.1, 0.15) is 6.10 Å². The maximum absolute atomic E-state index is 13.6. The van der Waals surface area contributed by atoms with E-state index < -0.39 is 6.10 Å². The number of amides is 1. The smallest absolute Gasteiger partial charge is 0.333 e. The molecular weight excluding hydrogens is 554 g/mol. The fraction of sp³-hybridized carbons (Fsp3) is 0.265. The number of imidazole rings is 1. The number of aliphatic hydroxyl groups excluding tert-OH is 1. The molecule has 222 valence electrons. The molecular formula is C34H33N7O3. The summed E-state index contributed by atoms with van der Waals surface area (Å²) < 4.78 is 5.14. The minimum Gasteiger partial charge on any atom is -0.384 e. The molecule has 0 bridgehead atoms. The van der Waals surface area contributed by atoms with E-state index in [0.717, 1.165) is 68.4 Å². The molecule has 10 heteroatoms. The minimum absolute atomic E-state index is 0.152. The molecule has 7 rings (SSSR count). The van der Waals surface area contributed by atoms with Crippen molar-refractivity contribution in [1.29, 1.82) is 0 Å². The third-order valence-corrected chi connectivity index (χ3v) is 8.69. The lowest BCUT2D eigenvalue weighted by Crippen LogP contribution is -2.43. The van der Waals surface area contributed by atoms with Crippen molar-refractivity contribution in [2.45, 2.75) is 31.8 Å². The lowest BCUT2D eigenvalue weighted by molar-refractivity contribution is -0.140. The van der Waals surface area contributed by atoms with E-state index in [0.29, 0.717) is 13.1 Å². The van der Waals surface area contributed by atoms with Gasteiger partial charge in [-0.1, -0.05) is 24.3 Å². The van der Waals surface area contributed by atoms with Crippen molar-refractivity contribution in [3.05, 3.63) is 95.4 Å². The SMILES string of the molecule is CC(O)C(=O)N1CCCC(c2ccc(-n3c(=O)n(C)c4cnc5ccc(-c6ccc(-c7cnn(C)c7)nc6)cc5c43)cc2)C1. The highest BCUT2D eigenvalue weighted by Crippen LogP contribution is 2.32. The Morgan fingerprint density at radius 1 is 0.955 bits per heavy atom. The summed E-state index contributed by atoms with van der Waals surface area (Å²) in [6.45, 7) is 2.76.